The van der Waals surface area contributed by atoms with Gasteiger partial charge in [0.15, 0.2) is 11.5 Å². The third kappa shape index (κ3) is 5.52. The standard InChI is InChI=1S/C24H19N3O5S/c28-22(26-14-16-4-3-11-25-13-16)10-9-17-7-8-18(33-17)12-21-24(31)27(15-23(29)30)19-5-1-2-6-20(19)32-21/h1-13H,14-15H2,(H,26,28)(H,29,30)/b10-9+,21-12-. The summed E-state index contributed by atoms with van der Waals surface area (Å²) in [6.45, 7) is -0.0876. The van der Waals surface area contributed by atoms with Crippen LogP contribution >= 0.6 is 11.3 Å². The number of para-hydroxylation sites is 2. The summed E-state index contributed by atoms with van der Waals surface area (Å²) in [6, 6.07) is 14.1. The van der Waals surface area contributed by atoms with Crippen LogP contribution in [0.4, 0.5) is 5.69 Å². The van der Waals surface area contributed by atoms with Crippen molar-refractivity contribution in [2.75, 3.05) is 11.4 Å². The van der Waals surface area contributed by atoms with Gasteiger partial charge in [-0.2, -0.15) is 0 Å². The fraction of sp³-hybridized carbons (Fsp3) is 0.0833. The number of nitrogens with zero attached hydrogens (tertiary/aromatic N) is 2. The van der Waals surface area contributed by atoms with Crippen LogP contribution in [-0.4, -0.2) is 34.4 Å². The second kappa shape index (κ2) is 9.92. The Morgan fingerprint density at radius 3 is 2.73 bits per heavy atom. The van der Waals surface area contributed by atoms with Crippen molar-refractivity contribution >= 4 is 47.0 Å². The van der Waals surface area contributed by atoms with Crippen molar-refractivity contribution in [3.8, 4) is 5.75 Å². The quantitative estimate of drug-likeness (QED) is 0.523. The van der Waals surface area contributed by atoms with Crippen LogP contribution in [0.15, 0.2) is 72.8 Å². The third-order valence-corrected chi connectivity index (χ3v) is 5.63. The van der Waals surface area contributed by atoms with Crippen molar-refractivity contribution in [2.45, 2.75) is 6.54 Å². The Kier molecular flexibility index (Phi) is 6.61. The molecule has 0 fully saturated rings. The first kappa shape index (κ1) is 22.0. The maximum atomic E-state index is 12.8. The molecule has 1 aliphatic heterocycles. The number of pyridine rings is 1. The molecule has 0 saturated carbocycles. The Morgan fingerprint density at radius 1 is 1.12 bits per heavy atom. The minimum absolute atomic E-state index is 0.0292. The summed E-state index contributed by atoms with van der Waals surface area (Å²) in [4.78, 5) is 42.9. The number of carbonyl (C=O) groups excluding carboxylic acids is 2. The van der Waals surface area contributed by atoms with E-state index in [-0.39, 0.29) is 11.7 Å². The van der Waals surface area contributed by atoms with Crippen molar-refractivity contribution in [2.24, 2.45) is 0 Å². The maximum Gasteiger partial charge on any atom is 0.323 e. The number of nitrogens with one attached hydrogen (secondary N) is 1. The zero-order valence-electron chi connectivity index (χ0n) is 17.3. The van der Waals surface area contributed by atoms with Crippen molar-refractivity contribution in [1.82, 2.24) is 10.3 Å². The zero-order chi connectivity index (χ0) is 23.2. The van der Waals surface area contributed by atoms with Crippen LogP contribution in [0.5, 0.6) is 5.75 Å². The molecule has 8 nitrogen and oxygen atoms in total. The molecule has 2 N–H and O–H groups in total. The number of hydrogen-bond donors (Lipinski definition) is 2. The molecular formula is C24H19N3O5S. The number of aliphatic carboxylic acids is 1. The van der Waals surface area contributed by atoms with Gasteiger partial charge in [0, 0.05) is 40.8 Å². The Morgan fingerprint density at radius 2 is 1.94 bits per heavy atom. The average Bonchev–Trinajstić information content (AvgIpc) is 3.27. The lowest BCUT2D eigenvalue weighted by Gasteiger charge is -2.29. The highest BCUT2D eigenvalue weighted by Gasteiger charge is 2.31. The molecule has 0 spiro atoms. The van der Waals surface area contributed by atoms with Crippen molar-refractivity contribution in [3.63, 3.8) is 0 Å². The molecule has 0 saturated heterocycles. The number of carboxylic acid groups (broad SMARTS) is 1. The van der Waals surface area contributed by atoms with Gasteiger partial charge < -0.3 is 15.2 Å². The van der Waals surface area contributed by atoms with E-state index in [1.807, 2.05) is 12.1 Å². The number of benzene rings is 1. The summed E-state index contributed by atoms with van der Waals surface area (Å²) in [6.07, 6.45) is 8.04. The largest absolute Gasteiger partial charge is 0.480 e. The van der Waals surface area contributed by atoms with E-state index in [9.17, 15) is 19.5 Å². The molecule has 33 heavy (non-hydrogen) atoms. The molecule has 2 aromatic heterocycles. The molecule has 3 aromatic rings. The Bertz CT molecular complexity index is 1250. The second-order valence-electron chi connectivity index (χ2n) is 7.02. The zero-order valence-corrected chi connectivity index (χ0v) is 18.1. The number of amides is 2. The molecule has 3 heterocycles. The summed E-state index contributed by atoms with van der Waals surface area (Å²) in [5.74, 6) is -1.45. The highest BCUT2D eigenvalue weighted by Crippen LogP contribution is 2.35. The van der Waals surface area contributed by atoms with E-state index < -0.39 is 18.4 Å². The van der Waals surface area contributed by atoms with Crippen molar-refractivity contribution in [1.29, 1.82) is 0 Å². The molecule has 0 unspecified atom stereocenters. The molecule has 9 heteroatoms. The van der Waals surface area contributed by atoms with Crippen LogP contribution in [0, 0.1) is 0 Å². The number of rotatable bonds is 7. The van der Waals surface area contributed by atoms with E-state index in [1.165, 1.54) is 22.3 Å². The minimum atomic E-state index is -1.12. The van der Waals surface area contributed by atoms with Crippen LogP contribution in [-0.2, 0) is 20.9 Å². The Hall–Kier alpha value is -4.24. The van der Waals surface area contributed by atoms with Gasteiger partial charge in [0.2, 0.25) is 5.91 Å². The summed E-state index contributed by atoms with van der Waals surface area (Å²) >= 11 is 1.36. The fourth-order valence-corrected chi connectivity index (χ4v) is 3.97. The smallest absolute Gasteiger partial charge is 0.323 e. The van der Waals surface area contributed by atoms with Crippen LogP contribution in [0.25, 0.3) is 12.2 Å². The lowest BCUT2D eigenvalue weighted by atomic mass is 10.2. The molecule has 1 aliphatic rings. The highest BCUT2D eigenvalue weighted by molar-refractivity contribution is 7.13. The van der Waals surface area contributed by atoms with Gasteiger partial charge in [-0.3, -0.25) is 24.3 Å². The molecule has 1 aromatic carbocycles. The van der Waals surface area contributed by atoms with Gasteiger partial charge >= 0.3 is 5.97 Å². The monoisotopic (exact) mass is 461 g/mol. The van der Waals surface area contributed by atoms with Crippen LogP contribution in [0.2, 0.25) is 0 Å². The van der Waals surface area contributed by atoms with Crippen molar-refractivity contribution < 1.29 is 24.2 Å². The van der Waals surface area contributed by atoms with E-state index in [1.54, 1.807) is 60.9 Å². The molecule has 0 bridgehead atoms. The SMILES string of the molecule is O=C(O)CN1C(=O)/C(=C/c2ccc(/C=C/C(=O)NCc3cccnc3)s2)Oc2ccccc21. The van der Waals surface area contributed by atoms with Gasteiger partial charge in [-0.1, -0.05) is 18.2 Å². The number of aromatic nitrogens is 1. The topological polar surface area (TPSA) is 109 Å². The van der Waals surface area contributed by atoms with E-state index >= 15 is 0 Å². The van der Waals surface area contributed by atoms with E-state index in [0.29, 0.717) is 18.0 Å². The van der Waals surface area contributed by atoms with Gasteiger partial charge in [0.05, 0.1) is 5.69 Å². The predicted octanol–water partition coefficient (Wildman–Crippen LogP) is 3.32. The number of hydrogen-bond acceptors (Lipinski definition) is 6. The van der Waals surface area contributed by atoms with Crippen LogP contribution in [0.1, 0.15) is 15.3 Å². The maximum absolute atomic E-state index is 12.8. The number of carboxylic acids is 1. The van der Waals surface area contributed by atoms with Gasteiger partial charge in [-0.25, -0.2) is 0 Å². The van der Waals surface area contributed by atoms with E-state index in [2.05, 4.69) is 10.3 Å². The molecule has 0 atom stereocenters. The fourth-order valence-electron chi connectivity index (χ4n) is 3.13. The van der Waals surface area contributed by atoms with Gasteiger partial charge in [-0.15, -0.1) is 11.3 Å². The third-order valence-electron chi connectivity index (χ3n) is 4.63. The molecule has 2 amide bonds. The van der Waals surface area contributed by atoms with Crippen LogP contribution < -0.4 is 15.0 Å². The summed E-state index contributed by atoms with van der Waals surface area (Å²) < 4.78 is 5.74. The van der Waals surface area contributed by atoms with E-state index in [4.69, 9.17) is 4.74 Å². The first-order valence-corrected chi connectivity index (χ1v) is 10.8. The van der Waals surface area contributed by atoms with Crippen LogP contribution in [0.3, 0.4) is 0 Å². The number of anilines is 1. The summed E-state index contributed by atoms with van der Waals surface area (Å²) in [5, 5.41) is 12.0. The first-order chi connectivity index (χ1) is 16.0. The second-order valence-corrected chi connectivity index (χ2v) is 8.16. The summed E-state index contributed by atoms with van der Waals surface area (Å²) in [7, 11) is 0. The highest BCUT2D eigenvalue weighted by atomic mass is 32.1. The lowest BCUT2D eigenvalue weighted by Crippen LogP contribution is -2.40. The van der Waals surface area contributed by atoms with Gasteiger partial charge in [0.1, 0.15) is 6.54 Å². The number of carbonyl (C=O) groups is 3. The van der Waals surface area contributed by atoms with Gasteiger partial charge in [-0.05, 0) is 42.0 Å². The number of fused-ring (bicyclic) bond motifs is 1. The molecule has 0 radical (unpaired) electrons. The molecule has 0 aliphatic carbocycles. The van der Waals surface area contributed by atoms with Crippen molar-refractivity contribution in [3.05, 3.63) is 88.1 Å². The predicted molar refractivity (Wildman–Crippen MR) is 124 cm³/mol. The first-order valence-electron chi connectivity index (χ1n) is 9.96. The molecule has 166 valence electrons. The lowest BCUT2D eigenvalue weighted by molar-refractivity contribution is -0.136. The van der Waals surface area contributed by atoms with E-state index in [0.717, 1.165) is 15.3 Å². The average molecular weight is 461 g/mol. The molecular weight excluding hydrogens is 442 g/mol. The Balaban J connectivity index is 1.45. The normalized spacial score (nSPS) is 14.2. The minimum Gasteiger partial charge on any atom is -0.480 e. The Labute approximate surface area is 193 Å². The molecule has 4 rings (SSSR count). The summed E-state index contributed by atoms with van der Waals surface area (Å²) in [5.41, 5.74) is 1.31. The number of ether oxygens (including phenoxy) is 1. The number of thiophene rings is 1. The van der Waals surface area contributed by atoms with Gasteiger partial charge in [0.25, 0.3) is 5.91 Å².